The molecule has 106 valence electrons. The van der Waals surface area contributed by atoms with Gasteiger partial charge < -0.3 is 19.9 Å². The number of nitrogens with two attached hydrogens (primary N) is 1. The highest BCUT2D eigenvalue weighted by Crippen LogP contribution is 2.27. The Balaban J connectivity index is 1.67. The zero-order chi connectivity index (χ0) is 13.2. The number of likely N-dealkylation sites (tertiary alicyclic amines) is 1. The van der Waals surface area contributed by atoms with Gasteiger partial charge in [0.25, 0.3) is 0 Å². The summed E-state index contributed by atoms with van der Waals surface area (Å²) in [7, 11) is 2.19. The quantitative estimate of drug-likeness (QED) is 0.877. The Morgan fingerprint density at radius 1 is 1.53 bits per heavy atom. The second kappa shape index (κ2) is 5.61. The summed E-state index contributed by atoms with van der Waals surface area (Å²) in [5, 5.41) is 0. The molecule has 2 fully saturated rings. The van der Waals surface area contributed by atoms with Crippen molar-refractivity contribution >= 4 is 0 Å². The number of nitrogens with zero attached hydrogens (tertiary/aromatic N) is 3. The Morgan fingerprint density at radius 3 is 3.11 bits per heavy atom. The van der Waals surface area contributed by atoms with Gasteiger partial charge in [-0.1, -0.05) is 0 Å². The molecule has 3 heterocycles. The fourth-order valence-corrected chi connectivity index (χ4v) is 3.29. The topological polar surface area (TPSA) is 56.3 Å². The first-order chi connectivity index (χ1) is 9.24. The number of aromatic nitrogens is 2. The van der Waals surface area contributed by atoms with Gasteiger partial charge in [-0.3, -0.25) is 0 Å². The van der Waals surface area contributed by atoms with E-state index in [1.807, 2.05) is 12.5 Å². The Labute approximate surface area is 114 Å². The van der Waals surface area contributed by atoms with Crippen molar-refractivity contribution in [1.29, 1.82) is 0 Å². The van der Waals surface area contributed by atoms with Crippen molar-refractivity contribution in [2.75, 3.05) is 33.4 Å². The van der Waals surface area contributed by atoms with Crippen LogP contribution in [-0.4, -0.2) is 47.8 Å². The van der Waals surface area contributed by atoms with Crippen molar-refractivity contribution in [3.05, 3.63) is 18.2 Å². The molecule has 19 heavy (non-hydrogen) atoms. The second-order valence-electron chi connectivity index (χ2n) is 6.04. The van der Waals surface area contributed by atoms with Crippen LogP contribution >= 0.6 is 0 Å². The highest BCUT2D eigenvalue weighted by molar-refractivity contribution is 5.07. The van der Waals surface area contributed by atoms with E-state index >= 15 is 0 Å². The molecule has 2 N–H and O–H groups in total. The molecule has 1 aromatic heterocycles. The van der Waals surface area contributed by atoms with Gasteiger partial charge in [-0.2, -0.15) is 0 Å². The highest BCUT2D eigenvalue weighted by atomic mass is 16.5. The third kappa shape index (κ3) is 2.83. The summed E-state index contributed by atoms with van der Waals surface area (Å²) in [5.41, 5.74) is 7.57. The fourth-order valence-electron chi connectivity index (χ4n) is 3.29. The monoisotopic (exact) mass is 264 g/mol. The van der Waals surface area contributed by atoms with Crippen LogP contribution in [0, 0.1) is 11.8 Å². The summed E-state index contributed by atoms with van der Waals surface area (Å²) >= 11 is 0. The maximum Gasteiger partial charge on any atom is 0.0948 e. The molecule has 2 aliphatic rings. The third-order valence-electron chi connectivity index (χ3n) is 4.50. The lowest BCUT2D eigenvalue weighted by Gasteiger charge is -2.21. The Kier molecular flexibility index (Phi) is 3.86. The van der Waals surface area contributed by atoms with Crippen LogP contribution in [0.4, 0.5) is 0 Å². The van der Waals surface area contributed by atoms with Crippen LogP contribution in [0.5, 0.6) is 0 Å². The third-order valence-corrected chi connectivity index (χ3v) is 4.50. The molecule has 0 spiro atoms. The maximum atomic E-state index is 6.40. The molecule has 5 nitrogen and oxygen atoms in total. The summed E-state index contributed by atoms with van der Waals surface area (Å²) in [6.07, 6.45) is 6.21. The van der Waals surface area contributed by atoms with Gasteiger partial charge >= 0.3 is 0 Å². The molecule has 2 aliphatic heterocycles. The van der Waals surface area contributed by atoms with Crippen LogP contribution in [-0.2, 0) is 11.3 Å². The SMILES string of the molecule is CN1CCC(Cn2cncc2C(N)C2CCOC2)C1. The van der Waals surface area contributed by atoms with E-state index in [9.17, 15) is 0 Å². The molecule has 1 aromatic rings. The largest absolute Gasteiger partial charge is 0.381 e. The van der Waals surface area contributed by atoms with Gasteiger partial charge in [0.15, 0.2) is 0 Å². The van der Waals surface area contributed by atoms with Crippen LogP contribution in [0.2, 0.25) is 0 Å². The smallest absolute Gasteiger partial charge is 0.0948 e. The molecular formula is C14H24N4O. The average Bonchev–Trinajstić information content (AvgIpc) is 3.10. The van der Waals surface area contributed by atoms with E-state index in [-0.39, 0.29) is 6.04 Å². The molecule has 0 aromatic carbocycles. The molecule has 3 atom stereocenters. The molecule has 5 heteroatoms. The number of ether oxygens (including phenoxy) is 1. The zero-order valence-electron chi connectivity index (χ0n) is 11.7. The maximum absolute atomic E-state index is 6.40. The molecule has 2 saturated heterocycles. The summed E-state index contributed by atoms with van der Waals surface area (Å²) in [6.45, 7) is 5.07. The normalized spacial score (nSPS) is 30.0. The predicted molar refractivity (Wildman–Crippen MR) is 73.7 cm³/mol. The highest BCUT2D eigenvalue weighted by Gasteiger charge is 2.27. The van der Waals surface area contributed by atoms with Crippen LogP contribution in [0.3, 0.4) is 0 Å². The predicted octanol–water partition coefficient (Wildman–Crippen LogP) is 0.871. The molecule has 3 unspecified atom stereocenters. The number of hydrogen-bond acceptors (Lipinski definition) is 4. The van der Waals surface area contributed by atoms with Crippen LogP contribution in [0.1, 0.15) is 24.6 Å². The van der Waals surface area contributed by atoms with Crippen LogP contribution < -0.4 is 5.73 Å². The van der Waals surface area contributed by atoms with E-state index in [1.165, 1.54) is 25.2 Å². The fraction of sp³-hybridized carbons (Fsp3) is 0.786. The van der Waals surface area contributed by atoms with E-state index in [0.29, 0.717) is 5.92 Å². The second-order valence-corrected chi connectivity index (χ2v) is 6.04. The minimum absolute atomic E-state index is 0.0594. The lowest BCUT2D eigenvalue weighted by Crippen LogP contribution is -2.26. The van der Waals surface area contributed by atoms with Gasteiger partial charge in [-0.25, -0.2) is 4.98 Å². The molecule has 0 amide bonds. The van der Waals surface area contributed by atoms with Crippen molar-refractivity contribution in [2.45, 2.75) is 25.4 Å². The average molecular weight is 264 g/mol. The lowest BCUT2D eigenvalue weighted by molar-refractivity contribution is 0.180. The Bertz CT molecular complexity index is 413. The Morgan fingerprint density at radius 2 is 2.42 bits per heavy atom. The first kappa shape index (κ1) is 13.1. The summed E-state index contributed by atoms with van der Waals surface area (Å²) in [5.74, 6) is 1.17. The van der Waals surface area contributed by atoms with E-state index in [2.05, 4.69) is 21.5 Å². The Hall–Kier alpha value is -0.910. The molecular weight excluding hydrogens is 240 g/mol. The first-order valence-corrected chi connectivity index (χ1v) is 7.26. The number of imidazole rings is 1. The molecule has 0 bridgehead atoms. The summed E-state index contributed by atoms with van der Waals surface area (Å²) < 4.78 is 7.70. The van der Waals surface area contributed by atoms with Gasteiger partial charge in [0.1, 0.15) is 0 Å². The molecule has 0 radical (unpaired) electrons. The molecule has 3 rings (SSSR count). The molecule has 0 saturated carbocycles. The van der Waals surface area contributed by atoms with Crippen LogP contribution in [0.25, 0.3) is 0 Å². The molecule has 0 aliphatic carbocycles. The number of hydrogen-bond donors (Lipinski definition) is 1. The van der Waals surface area contributed by atoms with Gasteiger partial charge in [-0.15, -0.1) is 0 Å². The lowest BCUT2D eigenvalue weighted by atomic mass is 9.97. The standard InChI is InChI=1S/C14H24N4O/c1-17-4-2-11(7-17)8-18-10-16-6-13(18)14(15)12-3-5-19-9-12/h6,10-12,14H,2-5,7-9,15H2,1H3. The van der Waals surface area contributed by atoms with Gasteiger partial charge in [0, 0.05) is 31.8 Å². The van der Waals surface area contributed by atoms with E-state index in [4.69, 9.17) is 10.5 Å². The first-order valence-electron chi connectivity index (χ1n) is 7.26. The van der Waals surface area contributed by atoms with Gasteiger partial charge in [0.2, 0.25) is 0 Å². The number of rotatable bonds is 4. The van der Waals surface area contributed by atoms with Crippen molar-refractivity contribution in [2.24, 2.45) is 17.6 Å². The zero-order valence-corrected chi connectivity index (χ0v) is 11.7. The van der Waals surface area contributed by atoms with Crippen molar-refractivity contribution in [1.82, 2.24) is 14.5 Å². The van der Waals surface area contributed by atoms with E-state index < -0.39 is 0 Å². The minimum atomic E-state index is 0.0594. The van der Waals surface area contributed by atoms with E-state index in [1.54, 1.807) is 0 Å². The van der Waals surface area contributed by atoms with Gasteiger partial charge in [0.05, 0.1) is 24.7 Å². The van der Waals surface area contributed by atoms with Crippen LogP contribution in [0.15, 0.2) is 12.5 Å². The van der Waals surface area contributed by atoms with Crippen molar-refractivity contribution in [3.63, 3.8) is 0 Å². The van der Waals surface area contributed by atoms with E-state index in [0.717, 1.165) is 32.1 Å². The summed E-state index contributed by atoms with van der Waals surface area (Å²) in [6, 6.07) is 0.0594. The summed E-state index contributed by atoms with van der Waals surface area (Å²) in [4.78, 5) is 6.70. The van der Waals surface area contributed by atoms with Crippen molar-refractivity contribution in [3.8, 4) is 0 Å². The van der Waals surface area contributed by atoms with Gasteiger partial charge in [-0.05, 0) is 32.4 Å². The van der Waals surface area contributed by atoms with Crippen molar-refractivity contribution < 1.29 is 4.74 Å². The minimum Gasteiger partial charge on any atom is -0.381 e.